The quantitative estimate of drug-likeness (QED) is 0.654. The van der Waals surface area contributed by atoms with Crippen LogP contribution in [-0.2, 0) is 0 Å². The number of carbonyl (C=O) groups is 1. The van der Waals surface area contributed by atoms with Crippen molar-refractivity contribution in [2.75, 3.05) is 31.1 Å². The molecule has 2 heterocycles. The third-order valence-corrected chi connectivity index (χ3v) is 7.37. The van der Waals surface area contributed by atoms with Gasteiger partial charge in [-0.1, -0.05) is 23.9 Å². The summed E-state index contributed by atoms with van der Waals surface area (Å²) in [6, 6.07) is 15.2. The Morgan fingerprint density at radius 1 is 1.10 bits per heavy atom. The molecule has 0 aromatic heterocycles. The molecule has 2 aromatic carbocycles. The number of nitrogens with one attached hydrogen (secondary N) is 1. The zero-order valence-electron chi connectivity index (χ0n) is 17.5. The zero-order chi connectivity index (χ0) is 19.8. The van der Waals surface area contributed by atoms with Crippen LogP contribution in [0.1, 0.15) is 43.0 Å². The number of hydrogen-bond acceptors (Lipinski definition) is 4. The standard InChI is InChI=1S/C24H29N3OS.ClH/c1-17(16-26-12-4-5-13-26)27-20-6-2-3-7-22(20)29-23-11-10-19(14-21(23)27)24(28)25-15-18-8-9-18;/h2-3,6-7,10-11,14,17-18H,4-5,8-9,12-13,15-16H2,1H3,(H,25,28);1H/t17-;/m1./s1. The first-order valence-electron chi connectivity index (χ1n) is 10.9. The van der Waals surface area contributed by atoms with Crippen LogP contribution in [0.25, 0.3) is 0 Å². The van der Waals surface area contributed by atoms with Crippen molar-refractivity contribution in [3.8, 4) is 0 Å². The number of nitrogens with zero attached hydrogens (tertiary/aromatic N) is 2. The molecular weight excluding hydrogens is 414 g/mol. The number of hydrogen-bond donors (Lipinski definition) is 1. The molecular formula is C24H30ClN3OS. The first kappa shape index (κ1) is 21.5. The van der Waals surface area contributed by atoms with Crippen molar-refractivity contribution in [3.05, 3.63) is 48.0 Å². The van der Waals surface area contributed by atoms with Crippen molar-refractivity contribution in [2.45, 2.75) is 48.4 Å². The molecule has 2 fully saturated rings. The summed E-state index contributed by atoms with van der Waals surface area (Å²) < 4.78 is 0. The van der Waals surface area contributed by atoms with Gasteiger partial charge in [-0.15, -0.1) is 12.4 Å². The lowest BCUT2D eigenvalue weighted by atomic mass is 10.1. The lowest BCUT2D eigenvalue weighted by Gasteiger charge is -2.39. The highest BCUT2D eigenvalue weighted by Crippen LogP contribution is 2.49. The summed E-state index contributed by atoms with van der Waals surface area (Å²) >= 11 is 1.81. The first-order valence-corrected chi connectivity index (χ1v) is 11.7. The summed E-state index contributed by atoms with van der Waals surface area (Å²) in [4.78, 5) is 20.3. The molecule has 1 saturated heterocycles. The summed E-state index contributed by atoms with van der Waals surface area (Å²) in [5, 5.41) is 3.12. The number of carbonyl (C=O) groups excluding carboxylic acids is 1. The van der Waals surface area contributed by atoms with E-state index in [1.54, 1.807) is 0 Å². The Morgan fingerprint density at radius 2 is 1.83 bits per heavy atom. The Bertz CT molecular complexity index is 911. The van der Waals surface area contributed by atoms with Gasteiger partial charge in [0.2, 0.25) is 0 Å². The van der Waals surface area contributed by atoms with Gasteiger partial charge in [0.15, 0.2) is 0 Å². The van der Waals surface area contributed by atoms with Gasteiger partial charge in [-0.2, -0.15) is 0 Å². The van der Waals surface area contributed by atoms with Crippen LogP contribution in [0.5, 0.6) is 0 Å². The highest BCUT2D eigenvalue weighted by Gasteiger charge is 2.29. The molecule has 0 unspecified atom stereocenters. The molecule has 3 aliphatic rings. The molecule has 160 valence electrons. The van der Waals surface area contributed by atoms with E-state index in [0.29, 0.717) is 12.0 Å². The molecule has 30 heavy (non-hydrogen) atoms. The summed E-state index contributed by atoms with van der Waals surface area (Å²) in [6.07, 6.45) is 5.11. The largest absolute Gasteiger partial charge is 0.352 e. The van der Waals surface area contributed by atoms with E-state index in [9.17, 15) is 4.79 Å². The smallest absolute Gasteiger partial charge is 0.251 e. The average Bonchev–Trinajstić information content (AvgIpc) is 3.44. The van der Waals surface area contributed by atoms with E-state index in [-0.39, 0.29) is 18.3 Å². The minimum absolute atomic E-state index is 0. The van der Waals surface area contributed by atoms with Gasteiger partial charge in [0.05, 0.1) is 11.4 Å². The molecule has 1 atom stereocenters. The molecule has 0 spiro atoms. The fraction of sp³-hybridized carbons (Fsp3) is 0.458. The van der Waals surface area contributed by atoms with Gasteiger partial charge < -0.3 is 15.1 Å². The van der Waals surface area contributed by atoms with E-state index in [0.717, 1.165) is 18.7 Å². The van der Waals surface area contributed by atoms with Crippen LogP contribution >= 0.6 is 24.2 Å². The van der Waals surface area contributed by atoms with Crippen LogP contribution in [0.2, 0.25) is 0 Å². The summed E-state index contributed by atoms with van der Waals surface area (Å²) in [5.74, 6) is 0.742. The Kier molecular flexibility index (Phi) is 6.61. The summed E-state index contributed by atoms with van der Waals surface area (Å²) in [6.45, 7) is 6.57. The molecule has 2 aliphatic heterocycles. The predicted octanol–water partition coefficient (Wildman–Crippen LogP) is 5.34. The first-order chi connectivity index (χ1) is 14.2. The SMILES string of the molecule is C[C@H](CN1CCCC1)N1c2ccccc2Sc2ccc(C(=O)NCC3CC3)cc21.Cl. The number of rotatable bonds is 6. The van der Waals surface area contributed by atoms with Gasteiger partial charge >= 0.3 is 0 Å². The third-order valence-electron chi connectivity index (χ3n) is 6.24. The number of para-hydroxylation sites is 1. The van der Waals surface area contributed by atoms with E-state index in [4.69, 9.17) is 0 Å². The van der Waals surface area contributed by atoms with Crippen LogP contribution in [-0.4, -0.2) is 43.0 Å². The van der Waals surface area contributed by atoms with E-state index < -0.39 is 0 Å². The van der Waals surface area contributed by atoms with Crippen LogP contribution in [0.4, 0.5) is 11.4 Å². The topological polar surface area (TPSA) is 35.6 Å². The van der Waals surface area contributed by atoms with Gasteiger partial charge in [-0.25, -0.2) is 0 Å². The van der Waals surface area contributed by atoms with E-state index in [1.807, 2.05) is 17.8 Å². The van der Waals surface area contributed by atoms with E-state index >= 15 is 0 Å². The molecule has 1 aliphatic carbocycles. The zero-order valence-corrected chi connectivity index (χ0v) is 19.1. The minimum atomic E-state index is 0. The van der Waals surface area contributed by atoms with Crippen LogP contribution in [0, 0.1) is 5.92 Å². The molecule has 0 bridgehead atoms. The molecule has 6 heteroatoms. The second kappa shape index (κ2) is 9.21. The maximum absolute atomic E-state index is 12.7. The highest BCUT2D eigenvalue weighted by atomic mass is 35.5. The summed E-state index contributed by atoms with van der Waals surface area (Å²) in [5.41, 5.74) is 3.19. The monoisotopic (exact) mass is 443 g/mol. The number of benzene rings is 2. The molecule has 4 nitrogen and oxygen atoms in total. The van der Waals surface area contributed by atoms with Gasteiger partial charge in [0.25, 0.3) is 5.91 Å². The van der Waals surface area contributed by atoms with Gasteiger partial charge in [0.1, 0.15) is 0 Å². The molecule has 2 aromatic rings. The fourth-order valence-corrected chi connectivity index (χ4v) is 5.53. The van der Waals surface area contributed by atoms with Crippen molar-refractivity contribution in [2.24, 2.45) is 5.92 Å². The highest BCUT2D eigenvalue weighted by molar-refractivity contribution is 7.99. The van der Waals surface area contributed by atoms with Crippen molar-refractivity contribution >= 4 is 41.5 Å². The Morgan fingerprint density at radius 3 is 2.60 bits per heavy atom. The number of halogens is 1. The molecule has 1 N–H and O–H groups in total. The number of anilines is 2. The second-order valence-corrected chi connectivity index (χ2v) is 9.72. The van der Waals surface area contributed by atoms with Gasteiger partial charge in [-0.05, 0) is 81.9 Å². The Labute approximate surface area is 189 Å². The van der Waals surface area contributed by atoms with Gasteiger partial charge in [0, 0.05) is 34.5 Å². The Hall–Kier alpha value is -1.69. The average molecular weight is 444 g/mol. The molecule has 5 rings (SSSR count). The number of likely N-dealkylation sites (tertiary alicyclic amines) is 1. The number of amides is 1. The normalized spacial score (nSPS) is 18.9. The van der Waals surface area contributed by atoms with E-state index in [1.165, 1.54) is 59.9 Å². The predicted molar refractivity (Wildman–Crippen MR) is 127 cm³/mol. The third kappa shape index (κ3) is 4.48. The van der Waals surface area contributed by atoms with Crippen LogP contribution in [0.15, 0.2) is 52.3 Å². The van der Waals surface area contributed by atoms with Crippen molar-refractivity contribution in [1.29, 1.82) is 0 Å². The molecule has 1 saturated carbocycles. The lowest BCUT2D eigenvalue weighted by Crippen LogP contribution is -2.40. The fourth-order valence-electron chi connectivity index (χ4n) is 4.48. The maximum Gasteiger partial charge on any atom is 0.251 e. The van der Waals surface area contributed by atoms with Gasteiger partial charge in [-0.3, -0.25) is 4.79 Å². The van der Waals surface area contributed by atoms with E-state index in [2.05, 4.69) is 58.4 Å². The van der Waals surface area contributed by atoms with Crippen LogP contribution < -0.4 is 10.2 Å². The van der Waals surface area contributed by atoms with Crippen LogP contribution in [0.3, 0.4) is 0 Å². The molecule has 1 amide bonds. The van der Waals surface area contributed by atoms with Crippen molar-refractivity contribution in [3.63, 3.8) is 0 Å². The number of fused-ring (bicyclic) bond motifs is 2. The van der Waals surface area contributed by atoms with Crippen molar-refractivity contribution < 1.29 is 4.79 Å². The van der Waals surface area contributed by atoms with Crippen molar-refractivity contribution in [1.82, 2.24) is 10.2 Å². The second-order valence-electron chi connectivity index (χ2n) is 8.63. The summed E-state index contributed by atoms with van der Waals surface area (Å²) in [7, 11) is 0. The minimum Gasteiger partial charge on any atom is -0.352 e. The maximum atomic E-state index is 12.7. The Balaban J connectivity index is 0.00000218. The molecule has 0 radical (unpaired) electrons. The lowest BCUT2D eigenvalue weighted by molar-refractivity contribution is 0.0951.